The molecule has 1 saturated heterocycles. The Kier molecular flexibility index (Phi) is 4.66. The van der Waals surface area contributed by atoms with Crippen molar-refractivity contribution in [3.63, 3.8) is 0 Å². The van der Waals surface area contributed by atoms with Crippen molar-refractivity contribution < 1.29 is 0 Å². The normalized spacial score (nSPS) is 18.7. The molecule has 2 aromatic heterocycles. The zero-order chi connectivity index (χ0) is 16.4. The van der Waals surface area contributed by atoms with Gasteiger partial charge in [0, 0.05) is 50.2 Å². The quantitative estimate of drug-likeness (QED) is 0.869. The van der Waals surface area contributed by atoms with Gasteiger partial charge in [0.25, 0.3) is 0 Å². The Balaban J connectivity index is 1.68. The fourth-order valence-corrected chi connectivity index (χ4v) is 3.49. The first-order chi connectivity index (χ1) is 11.1. The Labute approximate surface area is 138 Å². The van der Waals surface area contributed by atoms with Gasteiger partial charge >= 0.3 is 0 Å². The molecule has 0 aliphatic carbocycles. The van der Waals surface area contributed by atoms with Crippen LogP contribution in [0.3, 0.4) is 0 Å². The largest absolute Gasteiger partial charge is 0.355 e. The van der Waals surface area contributed by atoms with Gasteiger partial charge in [-0.25, -0.2) is 4.98 Å². The van der Waals surface area contributed by atoms with E-state index in [9.17, 15) is 0 Å². The number of hydrogen-bond donors (Lipinski definition) is 0. The number of pyridine rings is 1. The van der Waals surface area contributed by atoms with Gasteiger partial charge in [0.05, 0.1) is 5.69 Å². The van der Waals surface area contributed by atoms with Gasteiger partial charge in [-0.15, -0.1) is 0 Å². The van der Waals surface area contributed by atoms with E-state index < -0.39 is 0 Å². The van der Waals surface area contributed by atoms with Gasteiger partial charge in [-0.05, 0) is 45.9 Å². The zero-order valence-electron chi connectivity index (χ0n) is 14.7. The molecule has 23 heavy (non-hydrogen) atoms. The van der Waals surface area contributed by atoms with Crippen molar-refractivity contribution in [1.82, 2.24) is 19.7 Å². The maximum absolute atomic E-state index is 4.54. The smallest absolute Gasteiger partial charge is 0.128 e. The van der Waals surface area contributed by atoms with Crippen molar-refractivity contribution in [1.29, 1.82) is 0 Å². The lowest BCUT2D eigenvalue weighted by atomic mass is 10.0. The summed E-state index contributed by atoms with van der Waals surface area (Å²) in [5, 5.41) is 4.54. The first-order valence-corrected chi connectivity index (χ1v) is 8.41. The molecule has 1 unspecified atom stereocenters. The molecular formula is C18H27N5. The Bertz CT molecular complexity index is 649. The van der Waals surface area contributed by atoms with Gasteiger partial charge in [-0.3, -0.25) is 9.58 Å². The van der Waals surface area contributed by atoms with E-state index in [4.69, 9.17) is 0 Å². The lowest BCUT2D eigenvalue weighted by molar-refractivity contribution is 0.207. The third kappa shape index (κ3) is 3.39. The van der Waals surface area contributed by atoms with Gasteiger partial charge in [-0.2, -0.15) is 5.10 Å². The van der Waals surface area contributed by atoms with Crippen LogP contribution in [-0.2, 0) is 13.6 Å². The standard InChI is InChI=1S/C18H27N5/c1-14-17(15(2)22(4)20-14)13-21(3)16-8-7-11-23(12-16)18-9-5-6-10-19-18/h5-6,9-10,16H,7-8,11-13H2,1-4H3. The second-order valence-corrected chi connectivity index (χ2v) is 6.62. The Morgan fingerprint density at radius 1 is 1.30 bits per heavy atom. The fraction of sp³-hybridized carbons (Fsp3) is 0.556. The Morgan fingerprint density at radius 3 is 2.78 bits per heavy atom. The van der Waals surface area contributed by atoms with E-state index in [0.717, 1.165) is 31.1 Å². The summed E-state index contributed by atoms with van der Waals surface area (Å²) in [5.41, 5.74) is 3.78. The Morgan fingerprint density at radius 2 is 2.13 bits per heavy atom. The summed E-state index contributed by atoms with van der Waals surface area (Å²) < 4.78 is 1.99. The van der Waals surface area contributed by atoms with E-state index in [-0.39, 0.29) is 0 Å². The molecule has 124 valence electrons. The first kappa shape index (κ1) is 16.0. The summed E-state index contributed by atoms with van der Waals surface area (Å²) in [6.07, 6.45) is 4.35. The molecule has 3 heterocycles. The lowest BCUT2D eigenvalue weighted by Crippen LogP contribution is -2.46. The average Bonchev–Trinajstić information content (AvgIpc) is 2.82. The van der Waals surface area contributed by atoms with Gasteiger partial charge in [0.15, 0.2) is 0 Å². The number of rotatable bonds is 4. The number of anilines is 1. The second kappa shape index (κ2) is 6.71. The second-order valence-electron chi connectivity index (χ2n) is 6.62. The molecule has 3 rings (SSSR count). The molecule has 0 saturated carbocycles. The van der Waals surface area contributed by atoms with Crippen LogP contribution in [0.25, 0.3) is 0 Å². The van der Waals surface area contributed by atoms with Crippen LogP contribution in [0.15, 0.2) is 24.4 Å². The predicted octanol–water partition coefficient (Wildman–Crippen LogP) is 2.53. The molecule has 0 N–H and O–H groups in total. The number of likely N-dealkylation sites (N-methyl/N-ethyl adjacent to an activating group) is 1. The van der Waals surface area contributed by atoms with Gasteiger partial charge in [0.2, 0.25) is 0 Å². The highest BCUT2D eigenvalue weighted by molar-refractivity contribution is 5.38. The van der Waals surface area contributed by atoms with Crippen LogP contribution in [0, 0.1) is 13.8 Å². The lowest BCUT2D eigenvalue weighted by Gasteiger charge is -2.38. The number of piperidine rings is 1. The van der Waals surface area contributed by atoms with E-state index in [0.29, 0.717) is 6.04 Å². The van der Waals surface area contributed by atoms with Crippen LogP contribution >= 0.6 is 0 Å². The van der Waals surface area contributed by atoms with E-state index in [1.807, 2.05) is 24.0 Å². The van der Waals surface area contributed by atoms with E-state index in [2.05, 4.69) is 52.9 Å². The number of hydrogen-bond acceptors (Lipinski definition) is 4. The maximum Gasteiger partial charge on any atom is 0.128 e. The molecule has 0 spiro atoms. The minimum atomic E-state index is 0.560. The zero-order valence-corrected chi connectivity index (χ0v) is 14.7. The topological polar surface area (TPSA) is 37.2 Å². The SMILES string of the molecule is Cc1nn(C)c(C)c1CN(C)C1CCCN(c2ccccn2)C1. The van der Waals surface area contributed by atoms with Crippen molar-refractivity contribution in [2.24, 2.45) is 7.05 Å². The van der Waals surface area contributed by atoms with Crippen molar-refractivity contribution in [2.45, 2.75) is 39.3 Å². The van der Waals surface area contributed by atoms with E-state index in [1.165, 1.54) is 24.1 Å². The molecule has 1 fully saturated rings. The summed E-state index contributed by atoms with van der Waals surface area (Å²) in [6, 6.07) is 6.71. The highest BCUT2D eigenvalue weighted by Crippen LogP contribution is 2.22. The summed E-state index contributed by atoms with van der Waals surface area (Å²) in [7, 11) is 4.26. The van der Waals surface area contributed by atoms with Crippen LogP contribution in [0.5, 0.6) is 0 Å². The third-order valence-electron chi connectivity index (χ3n) is 5.06. The van der Waals surface area contributed by atoms with Crippen molar-refractivity contribution >= 4 is 5.82 Å². The molecule has 0 radical (unpaired) electrons. The van der Waals surface area contributed by atoms with Crippen LogP contribution in [0.1, 0.15) is 29.8 Å². The summed E-state index contributed by atoms with van der Waals surface area (Å²) in [6.45, 7) is 7.38. The molecule has 1 aliphatic rings. The van der Waals surface area contributed by atoms with Crippen molar-refractivity contribution in [2.75, 3.05) is 25.0 Å². The van der Waals surface area contributed by atoms with Crippen LogP contribution in [0.2, 0.25) is 0 Å². The highest BCUT2D eigenvalue weighted by Gasteiger charge is 2.25. The maximum atomic E-state index is 4.54. The van der Waals surface area contributed by atoms with E-state index in [1.54, 1.807) is 0 Å². The number of aryl methyl sites for hydroxylation is 2. The van der Waals surface area contributed by atoms with Crippen molar-refractivity contribution in [3.05, 3.63) is 41.3 Å². The molecule has 0 bridgehead atoms. The Hall–Kier alpha value is -1.88. The van der Waals surface area contributed by atoms with Gasteiger partial charge < -0.3 is 4.90 Å². The molecular weight excluding hydrogens is 286 g/mol. The van der Waals surface area contributed by atoms with E-state index >= 15 is 0 Å². The summed E-state index contributed by atoms with van der Waals surface area (Å²) >= 11 is 0. The number of aromatic nitrogens is 3. The first-order valence-electron chi connectivity index (χ1n) is 8.41. The van der Waals surface area contributed by atoms with Gasteiger partial charge in [-0.1, -0.05) is 6.07 Å². The monoisotopic (exact) mass is 313 g/mol. The molecule has 0 aromatic carbocycles. The average molecular weight is 313 g/mol. The molecule has 1 atom stereocenters. The van der Waals surface area contributed by atoms with Crippen LogP contribution in [-0.4, -0.2) is 45.8 Å². The van der Waals surface area contributed by atoms with Crippen molar-refractivity contribution in [3.8, 4) is 0 Å². The third-order valence-corrected chi connectivity index (χ3v) is 5.06. The number of nitrogens with zero attached hydrogens (tertiary/aromatic N) is 5. The summed E-state index contributed by atoms with van der Waals surface area (Å²) in [5.74, 6) is 1.10. The molecule has 2 aromatic rings. The fourth-order valence-electron chi connectivity index (χ4n) is 3.49. The molecule has 5 nitrogen and oxygen atoms in total. The molecule has 5 heteroatoms. The minimum absolute atomic E-state index is 0.560. The van der Waals surface area contributed by atoms with Crippen LogP contribution in [0.4, 0.5) is 5.82 Å². The summed E-state index contributed by atoms with van der Waals surface area (Å²) in [4.78, 5) is 9.39. The van der Waals surface area contributed by atoms with Gasteiger partial charge in [0.1, 0.15) is 5.82 Å². The highest BCUT2D eigenvalue weighted by atomic mass is 15.3. The van der Waals surface area contributed by atoms with Crippen LogP contribution < -0.4 is 4.90 Å². The molecule has 0 amide bonds. The minimum Gasteiger partial charge on any atom is -0.355 e. The molecule has 1 aliphatic heterocycles. The predicted molar refractivity (Wildman–Crippen MR) is 93.6 cm³/mol.